The number of nitrogens with zero attached hydrogens (tertiary/aromatic N) is 3. The summed E-state index contributed by atoms with van der Waals surface area (Å²) >= 11 is 7.73. The van der Waals surface area contributed by atoms with Crippen LogP contribution >= 0.6 is 22.9 Å². The highest BCUT2D eigenvalue weighted by Gasteiger charge is 2.43. The number of halogens is 1. The van der Waals surface area contributed by atoms with Crippen LogP contribution in [0, 0.1) is 17.8 Å². The molecule has 4 heterocycles. The Labute approximate surface area is 167 Å². The maximum atomic E-state index is 12.8. The van der Waals surface area contributed by atoms with Crippen LogP contribution in [0.15, 0.2) is 11.4 Å². The Morgan fingerprint density at radius 2 is 1.96 bits per heavy atom. The third-order valence-electron chi connectivity index (χ3n) is 6.32. The van der Waals surface area contributed by atoms with Crippen molar-refractivity contribution < 1.29 is 9.53 Å². The summed E-state index contributed by atoms with van der Waals surface area (Å²) in [7, 11) is 0. The first kappa shape index (κ1) is 17.6. The number of hydrogen-bond donors (Lipinski definition) is 1. The van der Waals surface area contributed by atoms with Gasteiger partial charge in [0.05, 0.1) is 4.70 Å². The zero-order valence-electron chi connectivity index (χ0n) is 15.1. The highest BCUT2D eigenvalue weighted by atomic mass is 35.5. The molecule has 2 aliphatic heterocycles. The number of rotatable bonds is 3. The molecule has 0 spiro atoms. The van der Waals surface area contributed by atoms with Gasteiger partial charge in [-0.05, 0) is 49.0 Å². The van der Waals surface area contributed by atoms with Gasteiger partial charge in [0.1, 0.15) is 0 Å². The minimum atomic E-state index is 0.169. The molecule has 2 saturated heterocycles. The first-order valence-corrected chi connectivity index (χ1v) is 11.0. The zero-order chi connectivity index (χ0) is 18.4. The molecule has 0 radical (unpaired) electrons. The Hall–Kier alpha value is -1.44. The summed E-state index contributed by atoms with van der Waals surface area (Å²) in [5.74, 6) is 2.52. The number of carbonyl (C=O) groups is 1. The molecule has 3 fully saturated rings. The van der Waals surface area contributed by atoms with Crippen LogP contribution in [0.2, 0.25) is 5.15 Å². The zero-order valence-corrected chi connectivity index (χ0v) is 16.6. The van der Waals surface area contributed by atoms with Crippen LogP contribution in [0.4, 0.5) is 5.82 Å². The molecular weight excluding hydrogens is 384 g/mol. The number of carbonyl (C=O) groups excluding carboxylic acids is 1. The molecule has 144 valence electrons. The van der Waals surface area contributed by atoms with E-state index in [0.29, 0.717) is 28.9 Å². The fourth-order valence-corrected chi connectivity index (χ4v) is 5.99. The van der Waals surface area contributed by atoms with Gasteiger partial charge in [-0.25, -0.2) is 0 Å². The topological polar surface area (TPSA) is 67.3 Å². The Morgan fingerprint density at radius 1 is 1.22 bits per heavy atom. The summed E-state index contributed by atoms with van der Waals surface area (Å²) in [5, 5.41) is 15.5. The van der Waals surface area contributed by atoms with Crippen LogP contribution in [-0.4, -0.2) is 53.3 Å². The summed E-state index contributed by atoms with van der Waals surface area (Å²) < 4.78 is 6.38. The van der Waals surface area contributed by atoms with E-state index in [2.05, 4.69) is 20.4 Å². The van der Waals surface area contributed by atoms with Gasteiger partial charge in [-0.1, -0.05) is 11.6 Å². The lowest BCUT2D eigenvalue weighted by Gasteiger charge is -2.27. The predicted octanol–water partition coefficient (Wildman–Crippen LogP) is 3.42. The van der Waals surface area contributed by atoms with E-state index in [0.717, 1.165) is 67.9 Å². The molecule has 0 unspecified atom stereocenters. The van der Waals surface area contributed by atoms with Gasteiger partial charge in [0, 0.05) is 43.6 Å². The molecule has 8 heteroatoms. The molecule has 1 saturated carbocycles. The lowest BCUT2D eigenvalue weighted by Crippen LogP contribution is -2.38. The predicted molar refractivity (Wildman–Crippen MR) is 106 cm³/mol. The number of nitrogens with one attached hydrogen (secondary N) is 1. The molecule has 0 bridgehead atoms. The number of anilines is 1. The van der Waals surface area contributed by atoms with E-state index in [4.69, 9.17) is 16.3 Å². The van der Waals surface area contributed by atoms with Crippen LogP contribution in [0.3, 0.4) is 0 Å². The summed E-state index contributed by atoms with van der Waals surface area (Å²) in [6.07, 6.45) is 3.91. The third kappa shape index (κ3) is 3.30. The van der Waals surface area contributed by atoms with Gasteiger partial charge in [-0.3, -0.25) is 4.79 Å². The average Bonchev–Trinajstić information content (AvgIpc) is 3.39. The molecule has 6 nitrogen and oxygen atoms in total. The van der Waals surface area contributed by atoms with Gasteiger partial charge in [-0.2, -0.15) is 0 Å². The largest absolute Gasteiger partial charge is 0.381 e. The van der Waals surface area contributed by atoms with Gasteiger partial charge in [0.2, 0.25) is 5.91 Å². The van der Waals surface area contributed by atoms with Crippen molar-refractivity contribution in [1.29, 1.82) is 0 Å². The van der Waals surface area contributed by atoms with Crippen molar-refractivity contribution in [3.63, 3.8) is 0 Å². The van der Waals surface area contributed by atoms with Crippen LogP contribution in [0.5, 0.6) is 0 Å². The van der Waals surface area contributed by atoms with Crippen molar-refractivity contribution in [3.05, 3.63) is 16.6 Å². The van der Waals surface area contributed by atoms with Crippen molar-refractivity contribution in [2.75, 3.05) is 31.6 Å². The minimum Gasteiger partial charge on any atom is -0.381 e. The van der Waals surface area contributed by atoms with E-state index in [1.54, 1.807) is 11.3 Å². The number of ether oxygens (including phenoxy) is 1. The maximum Gasteiger partial charge on any atom is 0.225 e. The summed E-state index contributed by atoms with van der Waals surface area (Å²) in [6.45, 7) is 3.25. The van der Waals surface area contributed by atoms with E-state index in [1.807, 2.05) is 11.4 Å². The number of hydrogen-bond acceptors (Lipinski definition) is 6. The number of aromatic nitrogens is 2. The monoisotopic (exact) mass is 406 g/mol. The smallest absolute Gasteiger partial charge is 0.225 e. The van der Waals surface area contributed by atoms with Crippen LogP contribution in [0.25, 0.3) is 10.1 Å². The number of amides is 1. The van der Waals surface area contributed by atoms with E-state index < -0.39 is 0 Å². The van der Waals surface area contributed by atoms with Gasteiger partial charge >= 0.3 is 0 Å². The Bertz CT molecular complexity index is 839. The lowest BCUT2D eigenvalue weighted by molar-refractivity contribution is -0.137. The average molecular weight is 407 g/mol. The molecule has 3 aliphatic rings. The molecule has 5 rings (SSSR count). The standard InChI is InChI=1S/C19H23ClN4O2S/c20-17-16-15(3-6-27-16)18(23-22-17)21-14-7-12-9-24(10-13(12)8-14)19(25)11-1-4-26-5-2-11/h3,6,11-14H,1-2,4-5,7-10H2,(H,21,23)/t12-,13+,14+. The SMILES string of the molecule is O=C(C1CCOCC1)N1C[C@H]2C[C@H](Nc3nnc(Cl)c4sccc34)C[C@H]2C1. The molecule has 1 N–H and O–H groups in total. The van der Waals surface area contributed by atoms with Gasteiger partial charge in [0.15, 0.2) is 11.0 Å². The van der Waals surface area contributed by atoms with Crippen molar-refractivity contribution in [1.82, 2.24) is 15.1 Å². The Morgan fingerprint density at radius 3 is 2.70 bits per heavy atom. The van der Waals surface area contributed by atoms with Gasteiger partial charge in [-0.15, -0.1) is 21.5 Å². The van der Waals surface area contributed by atoms with E-state index in [1.165, 1.54) is 0 Å². The molecule has 2 aromatic heterocycles. The van der Waals surface area contributed by atoms with Crippen LogP contribution < -0.4 is 5.32 Å². The molecular formula is C19H23ClN4O2S. The first-order valence-electron chi connectivity index (χ1n) is 9.71. The number of fused-ring (bicyclic) bond motifs is 2. The lowest BCUT2D eigenvalue weighted by atomic mass is 9.98. The van der Waals surface area contributed by atoms with E-state index in [-0.39, 0.29) is 5.92 Å². The molecule has 3 atom stereocenters. The molecule has 0 aromatic carbocycles. The quantitative estimate of drug-likeness (QED) is 0.845. The van der Waals surface area contributed by atoms with Gasteiger partial charge in [0.25, 0.3) is 0 Å². The third-order valence-corrected chi connectivity index (χ3v) is 7.62. The van der Waals surface area contributed by atoms with Crippen molar-refractivity contribution >= 4 is 44.7 Å². The van der Waals surface area contributed by atoms with E-state index in [9.17, 15) is 4.79 Å². The summed E-state index contributed by atoms with van der Waals surface area (Å²) in [4.78, 5) is 14.9. The van der Waals surface area contributed by atoms with Crippen molar-refractivity contribution in [3.8, 4) is 0 Å². The first-order chi connectivity index (χ1) is 13.2. The number of likely N-dealkylation sites (tertiary alicyclic amines) is 1. The molecule has 2 aromatic rings. The normalized spacial score (nSPS) is 28.6. The van der Waals surface area contributed by atoms with Crippen LogP contribution in [-0.2, 0) is 9.53 Å². The second kappa shape index (κ2) is 7.18. The van der Waals surface area contributed by atoms with E-state index >= 15 is 0 Å². The van der Waals surface area contributed by atoms with Gasteiger partial charge < -0.3 is 15.0 Å². The second-order valence-electron chi connectivity index (χ2n) is 7.97. The molecule has 1 amide bonds. The minimum absolute atomic E-state index is 0.169. The second-order valence-corrected chi connectivity index (χ2v) is 9.24. The molecule has 1 aliphatic carbocycles. The fourth-order valence-electron chi connectivity index (χ4n) is 4.95. The Kier molecular flexibility index (Phi) is 4.70. The molecule has 27 heavy (non-hydrogen) atoms. The Balaban J connectivity index is 1.21. The fraction of sp³-hybridized carbons (Fsp3) is 0.632. The highest BCUT2D eigenvalue weighted by Crippen LogP contribution is 2.41. The maximum absolute atomic E-state index is 12.8. The van der Waals surface area contributed by atoms with Crippen molar-refractivity contribution in [2.45, 2.75) is 31.7 Å². The summed E-state index contributed by atoms with van der Waals surface area (Å²) in [5.41, 5.74) is 0. The summed E-state index contributed by atoms with van der Waals surface area (Å²) in [6, 6.07) is 2.44. The van der Waals surface area contributed by atoms with Crippen LogP contribution in [0.1, 0.15) is 25.7 Å². The highest BCUT2D eigenvalue weighted by molar-refractivity contribution is 7.17. The number of thiophene rings is 1. The van der Waals surface area contributed by atoms with Crippen molar-refractivity contribution in [2.24, 2.45) is 17.8 Å².